The second kappa shape index (κ2) is 5.93. The summed E-state index contributed by atoms with van der Waals surface area (Å²) in [7, 11) is 0. The molecule has 114 valence electrons. The lowest BCUT2D eigenvalue weighted by Crippen LogP contribution is -2.53. The molecule has 0 aromatic heterocycles. The summed E-state index contributed by atoms with van der Waals surface area (Å²) in [5, 5.41) is 3.13. The first-order valence-electron chi connectivity index (χ1n) is 7.79. The van der Waals surface area contributed by atoms with Gasteiger partial charge in [-0.05, 0) is 42.9 Å². The highest BCUT2D eigenvalue weighted by Crippen LogP contribution is 2.23. The Morgan fingerprint density at radius 1 is 1.09 bits per heavy atom. The highest BCUT2D eigenvalue weighted by Gasteiger charge is 2.32. The molecule has 1 aliphatic rings. The van der Waals surface area contributed by atoms with Crippen molar-refractivity contribution in [2.75, 3.05) is 0 Å². The average Bonchev–Trinajstić information content (AvgIpc) is 2.55. The lowest BCUT2D eigenvalue weighted by Gasteiger charge is -2.30. The third kappa shape index (κ3) is 2.90. The minimum Gasteiger partial charge on any atom is -0.351 e. The molecule has 3 N–H and O–H groups in total. The number of hydrogen-bond acceptors (Lipinski definition) is 2. The molecule has 2 atom stereocenters. The molecule has 0 heterocycles. The zero-order valence-electron chi connectivity index (χ0n) is 12.9. The number of nitrogens with one attached hydrogen (secondary N) is 1. The van der Waals surface area contributed by atoms with Gasteiger partial charge in [-0.1, -0.05) is 54.6 Å². The summed E-state index contributed by atoms with van der Waals surface area (Å²) in [4.78, 5) is 12.6. The van der Waals surface area contributed by atoms with Gasteiger partial charge < -0.3 is 11.1 Å². The fraction of sp³-hybridized carbons (Fsp3) is 0.316. The van der Waals surface area contributed by atoms with Gasteiger partial charge in [-0.3, -0.25) is 4.79 Å². The van der Waals surface area contributed by atoms with Crippen LogP contribution < -0.4 is 11.1 Å². The predicted molar refractivity (Wildman–Crippen MR) is 88.4 cm³/mol. The van der Waals surface area contributed by atoms with Crippen molar-refractivity contribution in [3.63, 3.8) is 0 Å². The zero-order valence-corrected chi connectivity index (χ0v) is 12.9. The second-order valence-corrected chi connectivity index (χ2v) is 6.25. The molecule has 1 amide bonds. The minimum absolute atomic E-state index is 0.108. The monoisotopic (exact) mass is 294 g/mol. The molecule has 0 radical (unpaired) electrons. The van der Waals surface area contributed by atoms with Crippen molar-refractivity contribution in [1.29, 1.82) is 0 Å². The molecule has 0 saturated heterocycles. The number of benzene rings is 2. The van der Waals surface area contributed by atoms with E-state index in [4.69, 9.17) is 5.73 Å². The SMILES string of the molecule is CC(N)(C(=O)NC1CCc2ccccc2C1)c1ccccc1. The molecule has 1 aliphatic carbocycles. The second-order valence-electron chi connectivity index (χ2n) is 6.25. The summed E-state index contributed by atoms with van der Waals surface area (Å²) < 4.78 is 0. The third-order valence-electron chi connectivity index (χ3n) is 4.53. The van der Waals surface area contributed by atoms with E-state index in [0.29, 0.717) is 0 Å². The third-order valence-corrected chi connectivity index (χ3v) is 4.53. The number of hydrogen-bond donors (Lipinski definition) is 2. The van der Waals surface area contributed by atoms with Crippen molar-refractivity contribution in [2.24, 2.45) is 5.73 Å². The van der Waals surface area contributed by atoms with Crippen molar-refractivity contribution in [2.45, 2.75) is 37.8 Å². The number of nitrogens with two attached hydrogens (primary N) is 1. The van der Waals surface area contributed by atoms with Crippen LogP contribution in [0.25, 0.3) is 0 Å². The highest BCUT2D eigenvalue weighted by molar-refractivity contribution is 5.87. The van der Waals surface area contributed by atoms with Crippen LogP contribution in [0.2, 0.25) is 0 Å². The summed E-state index contributed by atoms with van der Waals surface area (Å²) in [5.74, 6) is -0.108. The number of aryl methyl sites for hydroxylation is 1. The van der Waals surface area contributed by atoms with E-state index in [1.165, 1.54) is 11.1 Å². The summed E-state index contributed by atoms with van der Waals surface area (Å²) in [5.41, 5.74) is 8.84. The smallest absolute Gasteiger partial charge is 0.244 e. The molecule has 0 bridgehead atoms. The van der Waals surface area contributed by atoms with E-state index in [9.17, 15) is 4.79 Å². The number of fused-ring (bicyclic) bond motifs is 1. The first-order valence-corrected chi connectivity index (χ1v) is 7.79. The van der Waals surface area contributed by atoms with Gasteiger partial charge in [0.25, 0.3) is 0 Å². The lowest BCUT2D eigenvalue weighted by molar-refractivity contribution is -0.126. The maximum Gasteiger partial charge on any atom is 0.244 e. The van der Waals surface area contributed by atoms with E-state index in [1.54, 1.807) is 6.92 Å². The Morgan fingerprint density at radius 3 is 2.45 bits per heavy atom. The summed E-state index contributed by atoms with van der Waals surface area (Å²) in [6.45, 7) is 1.77. The van der Waals surface area contributed by atoms with E-state index in [-0.39, 0.29) is 11.9 Å². The number of carbonyl (C=O) groups is 1. The molecule has 3 nitrogen and oxygen atoms in total. The summed E-state index contributed by atoms with van der Waals surface area (Å²) in [6, 6.07) is 18.1. The van der Waals surface area contributed by atoms with Crippen LogP contribution in [0.15, 0.2) is 54.6 Å². The summed E-state index contributed by atoms with van der Waals surface area (Å²) >= 11 is 0. The van der Waals surface area contributed by atoms with E-state index in [2.05, 4.69) is 29.6 Å². The van der Waals surface area contributed by atoms with E-state index < -0.39 is 5.54 Å². The topological polar surface area (TPSA) is 55.1 Å². The largest absolute Gasteiger partial charge is 0.351 e. The van der Waals surface area contributed by atoms with E-state index in [0.717, 1.165) is 24.8 Å². The average molecular weight is 294 g/mol. The number of carbonyl (C=O) groups excluding carboxylic acids is 1. The zero-order chi connectivity index (χ0) is 15.6. The van der Waals surface area contributed by atoms with Crippen molar-refractivity contribution in [3.8, 4) is 0 Å². The lowest BCUT2D eigenvalue weighted by atomic mass is 9.87. The number of rotatable bonds is 3. The van der Waals surface area contributed by atoms with E-state index in [1.807, 2.05) is 30.3 Å². The molecule has 0 spiro atoms. The molecule has 0 fully saturated rings. The minimum atomic E-state index is -1.00. The first-order chi connectivity index (χ1) is 10.6. The normalized spacial score (nSPS) is 19.8. The van der Waals surface area contributed by atoms with Crippen LogP contribution in [0.4, 0.5) is 0 Å². The van der Waals surface area contributed by atoms with Crippen molar-refractivity contribution >= 4 is 5.91 Å². The van der Waals surface area contributed by atoms with E-state index >= 15 is 0 Å². The molecular weight excluding hydrogens is 272 g/mol. The fourth-order valence-corrected chi connectivity index (χ4v) is 3.07. The molecule has 22 heavy (non-hydrogen) atoms. The van der Waals surface area contributed by atoms with Crippen LogP contribution in [0, 0.1) is 0 Å². The quantitative estimate of drug-likeness (QED) is 0.914. The van der Waals surface area contributed by atoms with Crippen molar-refractivity contribution < 1.29 is 4.79 Å². The van der Waals surface area contributed by atoms with Gasteiger partial charge in [0.05, 0.1) is 0 Å². The van der Waals surface area contributed by atoms with Gasteiger partial charge in [0.1, 0.15) is 5.54 Å². The van der Waals surface area contributed by atoms with Crippen LogP contribution in [-0.2, 0) is 23.2 Å². The summed E-state index contributed by atoms with van der Waals surface area (Å²) in [6.07, 6.45) is 2.86. The van der Waals surface area contributed by atoms with Gasteiger partial charge in [-0.25, -0.2) is 0 Å². The Kier molecular flexibility index (Phi) is 3.99. The van der Waals surface area contributed by atoms with Crippen LogP contribution in [0.5, 0.6) is 0 Å². The van der Waals surface area contributed by atoms with Crippen LogP contribution in [0.1, 0.15) is 30.0 Å². The predicted octanol–water partition coefficient (Wildman–Crippen LogP) is 2.53. The van der Waals surface area contributed by atoms with Gasteiger partial charge >= 0.3 is 0 Å². The molecule has 2 unspecified atom stereocenters. The maximum absolute atomic E-state index is 12.6. The molecule has 0 saturated carbocycles. The molecular formula is C19H22N2O. The Morgan fingerprint density at radius 2 is 1.73 bits per heavy atom. The molecule has 2 aromatic rings. The van der Waals surface area contributed by atoms with Gasteiger partial charge in [0.2, 0.25) is 5.91 Å². The molecule has 3 heteroatoms. The van der Waals surface area contributed by atoms with Crippen LogP contribution in [0.3, 0.4) is 0 Å². The van der Waals surface area contributed by atoms with Crippen LogP contribution >= 0.6 is 0 Å². The Labute approximate surface area is 131 Å². The van der Waals surface area contributed by atoms with Crippen molar-refractivity contribution in [3.05, 3.63) is 71.3 Å². The molecule has 2 aromatic carbocycles. The first kappa shape index (κ1) is 14.8. The number of amides is 1. The van der Waals surface area contributed by atoms with Gasteiger partial charge in [0, 0.05) is 6.04 Å². The van der Waals surface area contributed by atoms with Crippen molar-refractivity contribution in [1.82, 2.24) is 5.32 Å². The van der Waals surface area contributed by atoms with Crippen LogP contribution in [-0.4, -0.2) is 11.9 Å². The maximum atomic E-state index is 12.6. The Balaban J connectivity index is 1.70. The van der Waals surface area contributed by atoms with Gasteiger partial charge in [-0.15, -0.1) is 0 Å². The van der Waals surface area contributed by atoms with Gasteiger partial charge in [0.15, 0.2) is 0 Å². The Hall–Kier alpha value is -2.13. The molecule has 0 aliphatic heterocycles. The highest BCUT2D eigenvalue weighted by atomic mass is 16.2. The molecule has 3 rings (SSSR count). The Bertz CT molecular complexity index is 664. The van der Waals surface area contributed by atoms with Gasteiger partial charge in [-0.2, -0.15) is 0 Å². The fourth-order valence-electron chi connectivity index (χ4n) is 3.07. The standard InChI is InChI=1S/C19H22N2O/c1-19(20,16-9-3-2-4-10-16)18(22)21-17-12-11-14-7-5-6-8-15(14)13-17/h2-10,17H,11-13,20H2,1H3,(H,21,22).